The summed E-state index contributed by atoms with van der Waals surface area (Å²) < 4.78 is 6.59. The van der Waals surface area contributed by atoms with Gasteiger partial charge in [0.2, 0.25) is 5.91 Å². The molecule has 0 spiro atoms. The maximum atomic E-state index is 13.7. The second-order valence-electron chi connectivity index (χ2n) is 12.7. The zero-order valence-corrected chi connectivity index (χ0v) is 27.9. The van der Waals surface area contributed by atoms with Crippen molar-refractivity contribution in [2.75, 3.05) is 42.7 Å². The van der Waals surface area contributed by atoms with Crippen molar-refractivity contribution in [2.45, 2.75) is 32.4 Å². The van der Waals surface area contributed by atoms with Crippen LogP contribution in [-0.2, 0) is 11.2 Å². The monoisotopic (exact) mass is 659 g/mol. The molecule has 1 aliphatic rings. The third-order valence-corrected chi connectivity index (χ3v) is 9.04. The zero-order valence-electron chi connectivity index (χ0n) is 27.9. The molecule has 0 bridgehead atoms. The third kappa shape index (κ3) is 7.60. The molecule has 0 unspecified atom stereocenters. The van der Waals surface area contributed by atoms with Crippen molar-refractivity contribution in [2.24, 2.45) is 5.92 Å². The van der Waals surface area contributed by atoms with Gasteiger partial charge >= 0.3 is 12.1 Å². The minimum atomic E-state index is -0.491. The average molecular weight is 660 g/mol. The Kier molecular flexibility index (Phi) is 9.96. The molecule has 10 nitrogen and oxygen atoms in total. The predicted molar refractivity (Wildman–Crippen MR) is 194 cm³/mol. The van der Waals surface area contributed by atoms with Crippen LogP contribution in [0, 0.1) is 5.92 Å². The highest BCUT2D eigenvalue weighted by atomic mass is 16.5. The van der Waals surface area contributed by atoms with Crippen LogP contribution < -0.4 is 20.7 Å². The van der Waals surface area contributed by atoms with Crippen LogP contribution in [0.1, 0.15) is 19.4 Å². The molecule has 0 saturated carbocycles. The van der Waals surface area contributed by atoms with E-state index >= 15 is 0 Å². The number of nitrogens with one attached hydrogen (secondary N) is 3. The van der Waals surface area contributed by atoms with Crippen molar-refractivity contribution in [3.8, 4) is 5.75 Å². The summed E-state index contributed by atoms with van der Waals surface area (Å²) in [5.41, 5.74) is 2.47. The van der Waals surface area contributed by atoms with E-state index in [1.807, 2.05) is 91.9 Å². The number of urea groups is 2. The molecule has 10 heteroatoms. The molecule has 1 aliphatic heterocycles. The van der Waals surface area contributed by atoms with Gasteiger partial charge in [-0.3, -0.25) is 4.79 Å². The number of carbonyl (C=O) groups is 3. The number of amides is 5. The first kappa shape index (κ1) is 33.3. The molecule has 5 aromatic carbocycles. The number of hydrogen-bond acceptors (Lipinski definition) is 5. The van der Waals surface area contributed by atoms with Crippen molar-refractivity contribution >= 4 is 56.6 Å². The lowest BCUT2D eigenvalue weighted by atomic mass is 10.0. The molecule has 5 aromatic rings. The molecule has 3 atom stereocenters. The summed E-state index contributed by atoms with van der Waals surface area (Å²) in [5, 5.41) is 22.7. The minimum Gasteiger partial charge on any atom is -0.488 e. The standard InChI is InChI=1S/C39H41N5O5/c1-25-22-44(26(2)24-45)37(46)21-29-20-30(40-38(47)41-33-16-8-12-27-10-4-6-14-31(27)33)18-19-35(29)49-36(25)23-43(3)39(48)42-34-17-9-13-28-11-5-7-15-32(28)34/h4-20,25-26,36,45H,21-24H2,1-3H3,(H,42,48)(H2,40,41,47)/t25-,26+,36-/m1/s1. The number of aliphatic hydroxyl groups is 1. The normalized spacial score (nSPS) is 16.8. The fourth-order valence-electron chi connectivity index (χ4n) is 6.24. The Morgan fingerprint density at radius 1 is 0.878 bits per heavy atom. The van der Waals surface area contributed by atoms with E-state index < -0.39 is 18.2 Å². The topological polar surface area (TPSA) is 123 Å². The van der Waals surface area contributed by atoms with Gasteiger partial charge in [0.05, 0.1) is 37.0 Å². The fraction of sp³-hybridized carbons (Fsp3) is 0.256. The number of aliphatic hydroxyl groups excluding tert-OH is 1. The van der Waals surface area contributed by atoms with Gasteiger partial charge in [-0.15, -0.1) is 0 Å². The van der Waals surface area contributed by atoms with Gasteiger partial charge in [-0.2, -0.15) is 0 Å². The van der Waals surface area contributed by atoms with E-state index in [2.05, 4.69) is 16.0 Å². The van der Waals surface area contributed by atoms with Crippen LogP contribution in [0.3, 0.4) is 0 Å². The summed E-state index contributed by atoms with van der Waals surface area (Å²) in [6.07, 6.45) is -0.480. The van der Waals surface area contributed by atoms with E-state index in [-0.39, 0.29) is 37.4 Å². The summed E-state index contributed by atoms with van der Waals surface area (Å²) in [6.45, 7) is 4.15. The summed E-state index contributed by atoms with van der Waals surface area (Å²) in [6, 6.07) is 31.2. The molecule has 5 amide bonds. The van der Waals surface area contributed by atoms with E-state index in [9.17, 15) is 19.5 Å². The smallest absolute Gasteiger partial charge is 0.323 e. The molecule has 1 heterocycles. The van der Waals surface area contributed by atoms with E-state index in [1.54, 1.807) is 42.0 Å². The Morgan fingerprint density at radius 2 is 1.49 bits per heavy atom. The van der Waals surface area contributed by atoms with Gasteiger partial charge in [-0.25, -0.2) is 9.59 Å². The van der Waals surface area contributed by atoms with Crippen molar-refractivity contribution in [1.82, 2.24) is 9.80 Å². The molecule has 0 saturated heterocycles. The number of hydrogen-bond donors (Lipinski definition) is 4. The van der Waals surface area contributed by atoms with Crippen molar-refractivity contribution < 1.29 is 24.2 Å². The lowest BCUT2D eigenvalue weighted by Crippen LogP contribution is -2.48. The van der Waals surface area contributed by atoms with Crippen LogP contribution in [0.2, 0.25) is 0 Å². The number of carbonyl (C=O) groups excluding carboxylic acids is 3. The van der Waals surface area contributed by atoms with Crippen LogP contribution in [-0.4, -0.2) is 71.8 Å². The van der Waals surface area contributed by atoms with Crippen LogP contribution in [0.5, 0.6) is 5.75 Å². The Labute approximate surface area is 285 Å². The van der Waals surface area contributed by atoms with Gasteiger partial charge in [-0.05, 0) is 48.0 Å². The lowest BCUT2D eigenvalue weighted by molar-refractivity contribution is -0.134. The Bertz CT molecular complexity index is 1990. The van der Waals surface area contributed by atoms with Gasteiger partial charge in [-0.1, -0.05) is 79.7 Å². The third-order valence-electron chi connectivity index (χ3n) is 9.04. The first-order chi connectivity index (χ1) is 23.7. The highest BCUT2D eigenvalue weighted by molar-refractivity contribution is 6.06. The van der Waals surface area contributed by atoms with E-state index in [4.69, 9.17) is 4.74 Å². The molecule has 0 fully saturated rings. The van der Waals surface area contributed by atoms with Gasteiger partial charge in [0, 0.05) is 41.5 Å². The number of rotatable bonds is 7. The first-order valence-corrected chi connectivity index (χ1v) is 16.5. The Hall–Kier alpha value is -5.61. The molecule has 0 radical (unpaired) electrons. The maximum absolute atomic E-state index is 13.7. The molecule has 0 aliphatic carbocycles. The predicted octanol–water partition coefficient (Wildman–Crippen LogP) is 6.95. The summed E-state index contributed by atoms with van der Waals surface area (Å²) in [7, 11) is 1.71. The molecule has 0 aromatic heterocycles. The van der Waals surface area contributed by atoms with Crippen LogP contribution in [0.15, 0.2) is 103 Å². The molecule has 4 N–H and O–H groups in total. The second kappa shape index (κ2) is 14.7. The second-order valence-corrected chi connectivity index (χ2v) is 12.7. The summed E-state index contributed by atoms with van der Waals surface area (Å²) in [5.74, 6) is 0.130. The summed E-state index contributed by atoms with van der Waals surface area (Å²) >= 11 is 0. The fourth-order valence-corrected chi connectivity index (χ4v) is 6.24. The minimum absolute atomic E-state index is 0.0109. The molecule has 252 valence electrons. The number of ether oxygens (including phenoxy) is 1. The van der Waals surface area contributed by atoms with Crippen LogP contribution in [0.25, 0.3) is 21.5 Å². The molecular weight excluding hydrogens is 618 g/mol. The van der Waals surface area contributed by atoms with Gasteiger partial charge in [0.1, 0.15) is 11.9 Å². The zero-order chi connectivity index (χ0) is 34.5. The SMILES string of the molecule is C[C@@H]1CN([C@@H](C)CO)C(=O)Cc2cc(NC(=O)Nc3cccc4ccccc34)ccc2O[C@@H]1CN(C)C(=O)Nc1cccc2ccccc12. The first-order valence-electron chi connectivity index (χ1n) is 16.5. The lowest BCUT2D eigenvalue weighted by Gasteiger charge is -2.34. The van der Waals surface area contributed by atoms with Crippen molar-refractivity contribution in [1.29, 1.82) is 0 Å². The van der Waals surface area contributed by atoms with E-state index in [0.717, 1.165) is 21.5 Å². The largest absolute Gasteiger partial charge is 0.488 e. The quantitative estimate of drug-likeness (QED) is 0.151. The number of likely N-dealkylation sites (N-methyl/N-ethyl adjacent to an activating group) is 1. The van der Waals surface area contributed by atoms with Crippen molar-refractivity contribution in [3.05, 3.63) is 109 Å². The number of anilines is 3. The molecular formula is C39H41N5O5. The average Bonchev–Trinajstić information content (AvgIpc) is 3.15. The Balaban J connectivity index is 1.22. The molecule has 6 rings (SSSR count). The van der Waals surface area contributed by atoms with Gasteiger partial charge in [0.15, 0.2) is 0 Å². The van der Waals surface area contributed by atoms with Gasteiger partial charge < -0.3 is 35.6 Å². The Morgan fingerprint density at radius 3 is 2.14 bits per heavy atom. The van der Waals surface area contributed by atoms with Crippen molar-refractivity contribution in [3.63, 3.8) is 0 Å². The van der Waals surface area contributed by atoms with E-state index in [0.29, 0.717) is 34.9 Å². The number of benzene rings is 5. The highest BCUT2D eigenvalue weighted by Gasteiger charge is 2.32. The van der Waals surface area contributed by atoms with Crippen LogP contribution >= 0.6 is 0 Å². The van der Waals surface area contributed by atoms with Crippen LogP contribution in [0.4, 0.5) is 26.7 Å². The summed E-state index contributed by atoms with van der Waals surface area (Å²) in [4.78, 5) is 43.4. The highest BCUT2D eigenvalue weighted by Crippen LogP contribution is 2.30. The maximum Gasteiger partial charge on any atom is 0.323 e. The van der Waals surface area contributed by atoms with Gasteiger partial charge in [0.25, 0.3) is 0 Å². The molecule has 49 heavy (non-hydrogen) atoms. The number of nitrogens with zero attached hydrogens (tertiary/aromatic N) is 2. The number of fused-ring (bicyclic) bond motifs is 3. The van der Waals surface area contributed by atoms with E-state index in [1.165, 1.54) is 0 Å².